The molecule has 0 spiro atoms. The van der Waals surface area contributed by atoms with Crippen LogP contribution in [0.3, 0.4) is 0 Å². The van der Waals surface area contributed by atoms with Crippen molar-refractivity contribution in [2.45, 2.75) is 52.1 Å². The van der Waals surface area contributed by atoms with Gasteiger partial charge in [0.25, 0.3) is 0 Å². The topological polar surface area (TPSA) is 63.6 Å². The van der Waals surface area contributed by atoms with Crippen molar-refractivity contribution in [1.29, 1.82) is 0 Å². The highest BCUT2D eigenvalue weighted by atomic mass is 16.5. The van der Waals surface area contributed by atoms with Crippen LogP contribution in [0.15, 0.2) is 12.2 Å². The molecular weight excluding hydrogens is 256 g/mol. The first kappa shape index (κ1) is 16.9. The van der Waals surface area contributed by atoms with Crippen LogP contribution in [0.4, 0.5) is 0 Å². The van der Waals surface area contributed by atoms with E-state index in [9.17, 15) is 14.7 Å². The summed E-state index contributed by atoms with van der Waals surface area (Å²) < 4.78 is 4.60. The molecule has 0 amide bonds. The number of carbonyl (C=O) groups excluding carboxylic acids is 2. The molecule has 3 atom stereocenters. The number of rotatable bonds is 6. The third-order valence-corrected chi connectivity index (χ3v) is 3.93. The van der Waals surface area contributed by atoms with Crippen LogP contribution in [0.1, 0.15) is 46.5 Å². The number of methoxy groups -OCH3 is 1. The molecule has 0 fully saturated rings. The standard InChI is InChI=1S/C16H26O4/c1-11(2)9-14(17)10-12(3)13-5-7-16(19,8-6-13)15(18)20-4/h5,7,11-13,19H,6,8-10H2,1-4H3/t12-,13-,16-/m0/s1. The number of esters is 1. The van der Waals surface area contributed by atoms with Crippen molar-refractivity contribution in [1.82, 2.24) is 0 Å². The molecule has 1 rings (SSSR count). The van der Waals surface area contributed by atoms with Gasteiger partial charge in [-0.25, -0.2) is 4.79 Å². The fraction of sp³-hybridized carbons (Fsp3) is 0.750. The van der Waals surface area contributed by atoms with Crippen molar-refractivity contribution in [2.75, 3.05) is 7.11 Å². The van der Waals surface area contributed by atoms with Crippen molar-refractivity contribution in [3.63, 3.8) is 0 Å². The molecule has 20 heavy (non-hydrogen) atoms. The lowest BCUT2D eigenvalue weighted by Gasteiger charge is -2.31. The number of aliphatic hydroxyl groups is 1. The van der Waals surface area contributed by atoms with Crippen molar-refractivity contribution in [3.8, 4) is 0 Å². The Kier molecular flexibility index (Phi) is 5.93. The number of ether oxygens (including phenoxy) is 1. The summed E-state index contributed by atoms with van der Waals surface area (Å²) >= 11 is 0. The summed E-state index contributed by atoms with van der Waals surface area (Å²) in [5.41, 5.74) is -1.49. The Labute approximate surface area is 121 Å². The van der Waals surface area contributed by atoms with Crippen molar-refractivity contribution in [2.24, 2.45) is 17.8 Å². The molecule has 0 saturated heterocycles. The van der Waals surface area contributed by atoms with Crippen LogP contribution in [0.5, 0.6) is 0 Å². The Morgan fingerprint density at radius 3 is 2.45 bits per heavy atom. The lowest BCUT2D eigenvalue weighted by atomic mass is 9.77. The highest BCUT2D eigenvalue weighted by Crippen LogP contribution is 2.32. The fourth-order valence-corrected chi connectivity index (χ4v) is 2.72. The Balaban J connectivity index is 2.57. The molecule has 0 unspecified atom stereocenters. The molecule has 0 saturated carbocycles. The average Bonchev–Trinajstić information content (AvgIpc) is 2.37. The van der Waals surface area contributed by atoms with Gasteiger partial charge >= 0.3 is 5.97 Å². The maximum absolute atomic E-state index is 11.8. The van der Waals surface area contributed by atoms with E-state index in [0.29, 0.717) is 31.6 Å². The van der Waals surface area contributed by atoms with E-state index in [2.05, 4.69) is 11.7 Å². The van der Waals surface area contributed by atoms with E-state index >= 15 is 0 Å². The van der Waals surface area contributed by atoms with Gasteiger partial charge in [-0.3, -0.25) is 4.79 Å². The molecular formula is C16H26O4. The summed E-state index contributed by atoms with van der Waals surface area (Å²) in [5.74, 6) is 0.530. The maximum atomic E-state index is 11.8. The third-order valence-electron chi connectivity index (χ3n) is 3.93. The van der Waals surface area contributed by atoms with Gasteiger partial charge in [-0.05, 0) is 36.7 Å². The van der Waals surface area contributed by atoms with Gasteiger partial charge in [0, 0.05) is 12.8 Å². The minimum Gasteiger partial charge on any atom is -0.467 e. The third kappa shape index (κ3) is 4.44. The van der Waals surface area contributed by atoms with E-state index in [0.717, 1.165) is 0 Å². The largest absolute Gasteiger partial charge is 0.467 e. The first-order chi connectivity index (χ1) is 9.28. The van der Waals surface area contributed by atoms with Gasteiger partial charge in [-0.1, -0.05) is 26.8 Å². The Morgan fingerprint density at radius 2 is 2.00 bits per heavy atom. The number of carbonyl (C=O) groups is 2. The van der Waals surface area contributed by atoms with Crippen LogP contribution in [0.2, 0.25) is 0 Å². The summed E-state index contributed by atoms with van der Waals surface area (Å²) in [4.78, 5) is 23.3. The van der Waals surface area contributed by atoms with Gasteiger partial charge in [-0.2, -0.15) is 0 Å². The van der Waals surface area contributed by atoms with E-state index in [-0.39, 0.29) is 17.6 Å². The normalized spacial score (nSPS) is 27.4. The number of ketones is 1. The average molecular weight is 282 g/mol. The van der Waals surface area contributed by atoms with Crippen LogP contribution >= 0.6 is 0 Å². The second-order valence-corrected chi connectivity index (χ2v) is 6.30. The number of hydrogen-bond acceptors (Lipinski definition) is 4. The van der Waals surface area contributed by atoms with E-state index in [1.807, 2.05) is 19.9 Å². The van der Waals surface area contributed by atoms with Gasteiger partial charge in [0.05, 0.1) is 7.11 Å². The Bertz CT molecular complexity index is 386. The van der Waals surface area contributed by atoms with Gasteiger partial charge in [-0.15, -0.1) is 0 Å². The molecule has 0 radical (unpaired) electrons. The minimum atomic E-state index is -1.49. The molecule has 0 aromatic carbocycles. The zero-order chi connectivity index (χ0) is 15.3. The highest BCUT2D eigenvalue weighted by Gasteiger charge is 2.38. The van der Waals surface area contributed by atoms with E-state index in [1.165, 1.54) is 13.2 Å². The summed E-state index contributed by atoms with van der Waals surface area (Å²) in [7, 11) is 1.27. The second kappa shape index (κ2) is 7.02. The van der Waals surface area contributed by atoms with Crippen molar-refractivity contribution in [3.05, 3.63) is 12.2 Å². The first-order valence-corrected chi connectivity index (χ1v) is 7.30. The predicted molar refractivity (Wildman–Crippen MR) is 77.1 cm³/mol. The van der Waals surface area contributed by atoms with Crippen molar-refractivity contribution < 1.29 is 19.4 Å². The SMILES string of the molecule is COC(=O)[C@]1(O)C=C[C@H]([C@@H](C)CC(=O)CC(C)C)CC1. The molecule has 1 N–H and O–H groups in total. The molecule has 0 aromatic rings. The molecule has 0 bridgehead atoms. The molecule has 0 aromatic heterocycles. The molecule has 114 valence electrons. The molecule has 1 aliphatic carbocycles. The number of hydrogen-bond donors (Lipinski definition) is 1. The van der Waals surface area contributed by atoms with E-state index in [1.54, 1.807) is 0 Å². The van der Waals surface area contributed by atoms with Crippen LogP contribution in [0.25, 0.3) is 0 Å². The smallest absolute Gasteiger partial charge is 0.341 e. The molecule has 4 nitrogen and oxygen atoms in total. The first-order valence-electron chi connectivity index (χ1n) is 7.30. The van der Waals surface area contributed by atoms with Crippen molar-refractivity contribution >= 4 is 11.8 Å². The molecule has 0 aliphatic heterocycles. The zero-order valence-electron chi connectivity index (χ0n) is 12.9. The summed E-state index contributed by atoms with van der Waals surface area (Å²) in [5, 5.41) is 10.1. The number of allylic oxidation sites excluding steroid dienone is 1. The number of Topliss-reactive ketones (excluding diaryl/α,β-unsaturated/α-hetero) is 1. The van der Waals surface area contributed by atoms with Crippen LogP contribution in [0, 0.1) is 17.8 Å². The summed E-state index contributed by atoms with van der Waals surface area (Å²) in [6.07, 6.45) is 5.60. The summed E-state index contributed by atoms with van der Waals surface area (Å²) in [6.45, 7) is 6.13. The zero-order valence-corrected chi connectivity index (χ0v) is 12.9. The monoisotopic (exact) mass is 282 g/mol. The van der Waals surface area contributed by atoms with Gasteiger partial charge in [0.15, 0.2) is 5.60 Å². The Morgan fingerprint density at radius 1 is 1.35 bits per heavy atom. The van der Waals surface area contributed by atoms with E-state index in [4.69, 9.17) is 0 Å². The lowest BCUT2D eigenvalue weighted by Crippen LogP contribution is -2.40. The maximum Gasteiger partial charge on any atom is 0.341 e. The van der Waals surface area contributed by atoms with Gasteiger partial charge in [0.1, 0.15) is 5.78 Å². The quantitative estimate of drug-likeness (QED) is 0.600. The van der Waals surface area contributed by atoms with E-state index < -0.39 is 11.6 Å². The Hall–Kier alpha value is -1.16. The molecule has 1 aliphatic rings. The summed E-state index contributed by atoms with van der Waals surface area (Å²) in [6, 6.07) is 0. The molecule has 4 heteroatoms. The highest BCUT2D eigenvalue weighted by molar-refractivity contribution is 5.82. The van der Waals surface area contributed by atoms with Gasteiger partial charge in [0.2, 0.25) is 0 Å². The van der Waals surface area contributed by atoms with Crippen LogP contribution in [-0.2, 0) is 14.3 Å². The second-order valence-electron chi connectivity index (χ2n) is 6.30. The van der Waals surface area contributed by atoms with Crippen LogP contribution < -0.4 is 0 Å². The fourth-order valence-electron chi connectivity index (χ4n) is 2.72. The predicted octanol–water partition coefficient (Wildman–Crippen LogP) is 2.50. The molecule has 0 heterocycles. The van der Waals surface area contributed by atoms with Gasteiger partial charge < -0.3 is 9.84 Å². The van der Waals surface area contributed by atoms with Crippen LogP contribution in [-0.4, -0.2) is 29.6 Å². The minimum absolute atomic E-state index is 0.232. The lowest BCUT2D eigenvalue weighted by molar-refractivity contribution is -0.158.